The SMILES string of the molecule is CC[C@H]1O[C@@H](n2cnc3c(C)nc(C)nc32)[C@@H](NS(=O)(=O)Oc2ccc([N+](=O)[O-])cc2)C1C. The molecule has 1 unspecified atom stereocenters. The Bertz CT molecular complexity index is 1290. The third-order valence-electron chi connectivity index (χ3n) is 5.69. The molecule has 0 aliphatic carbocycles. The molecule has 1 aliphatic heterocycles. The molecule has 2 aromatic heterocycles. The van der Waals surface area contributed by atoms with Crippen molar-refractivity contribution in [3.63, 3.8) is 0 Å². The van der Waals surface area contributed by atoms with E-state index in [0.717, 1.165) is 0 Å². The van der Waals surface area contributed by atoms with Gasteiger partial charge in [0.2, 0.25) is 0 Å². The Morgan fingerprint density at radius 3 is 2.58 bits per heavy atom. The number of nitro benzene ring substituents is 1. The average molecular weight is 477 g/mol. The van der Waals surface area contributed by atoms with Crippen LogP contribution in [0.2, 0.25) is 0 Å². The van der Waals surface area contributed by atoms with Gasteiger partial charge in [-0.2, -0.15) is 13.1 Å². The third kappa shape index (κ3) is 4.51. The quantitative estimate of drug-likeness (QED) is 0.400. The molecule has 4 atom stereocenters. The van der Waals surface area contributed by atoms with E-state index in [4.69, 9.17) is 8.92 Å². The van der Waals surface area contributed by atoms with Crippen molar-refractivity contribution in [1.29, 1.82) is 0 Å². The maximum Gasteiger partial charge on any atom is 0.383 e. The van der Waals surface area contributed by atoms with Crippen molar-refractivity contribution in [2.45, 2.75) is 52.5 Å². The van der Waals surface area contributed by atoms with Gasteiger partial charge in [0.25, 0.3) is 5.69 Å². The molecule has 1 N–H and O–H groups in total. The minimum atomic E-state index is -4.28. The van der Waals surface area contributed by atoms with Gasteiger partial charge in [-0.3, -0.25) is 14.7 Å². The minimum Gasteiger partial charge on any atom is -0.371 e. The molecule has 0 radical (unpaired) electrons. The van der Waals surface area contributed by atoms with E-state index in [9.17, 15) is 18.5 Å². The molecule has 1 aromatic carbocycles. The van der Waals surface area contributed by atoms with E-state index in [1.165, 1.54) is 24.3 Å². The predicted molar refractivity (Wildman–Crippen MR) is 118 cm³/mol. The van der Waals surface area contributed by atoms with Crippen LogP contribution in [0.3, 0.4) is 0 Å². The second-order valence-corrected chi connectivity index (χ2v) is 9.26. The number of hydrogen-bond donors (Lipinski definition) is 1. The summed E-state index contributed by atoms with van der Waals surface area (Å²) >= 11 is 0. The molecular weight excluding hydrogens is 452 g/mol. The van der Waals surface area contributed by atoms with Crippen molar-refractivity contribution >= 4 is 27.2 Å². The van der Waals surface area contributed by atoms with Crippen molar-refractivity contribution in [2.24, 2.45) is 5.92 Å². The first-order valence-electron chi connectivity index (χ1n) is 10.4. The van der Waals surface area contributed by atoms with E-state index < -0.39 is 27.5 Å². The summed E-state index contributed by atoms with van der Waals surface area (Å²) in [5.41, 5.74) is 1.71. The lowest BCUT2D eigenvalue weighted by atomic mass is 9.97. The molecule has 3 heterocycles. The maximum absolute atomic E-state index is 12.8. The fourth-order valence-electron chi connectivity index (χ4n) is 4.07. The number of nitrogens with zero attached hydrogens (tertiary/aromatic N) is 5. The van der Waals surface area contributed by atoms with Gasteiger partial charge in [0.15, 0.2) is 11.9 Å². The van der Waals surface area contributed by atoms with Gasteiger partial charge in [0, 0.05) is 18.1 Å². The number of rotatable bonds is 7. The Kier molecular flexibility index (Phi) is 6.03. The van der Waals surface area contributed by atoms with Gasteiger partial charge in [-0.1, -0.05) is 13.8 Å². The number of benzene rings is 1. The lowest BCUT2D eigenvalue weighted by Gasteiger charge is -2.23. The highest BCUT2D eigenvalue weighted by molar-refractivity contribution is 7.85. The van der Waals surface area contributed by atoms with Gasteiger partial charge in [-0.05, 0) is 32.4 Å². The molecular formula is C20H24N6O6S. The summed E-state index contributed by atoms with van der Waals surface area (Å²) in [7, 11) is -4.28. The van der Waals surface area contributed by atoms with E-state index in [1.807, 2.05) is 20.8 Å². The lowest BCUT2D eigenvalue weighted by Crippen LogP contribution is -2.44. The molecule has 1 fully saturated rings. The fourth-order valence-corrected chi connectivity index (χ4v) is 5.15. The van der Waals surface area contributed by atoms with Crippen molar-refractivity contribution in [2.75, 3.05) is 0 Å². The van der Waals surface area contributed by atoms with E-state index in [1.54, 1.807) is 17.8 Å². The monoisotopic (exact) mass is 476 g/mol. The number of nitrogens with one attached hydrogen (secondary N) is 1. The van der Waals surface area contributed by atoms with Crippen molar-refractivity contribution in [1.82, 2.24) is 24.2 Å². The van der Waals surface area contributed by atoms with Crippen LogP contribution in [0.4, 0.5) is 5.69 Å². The van der Waals surface area contributed by atoms with Crippen molar-refractivity contribution < 1.29 is 22.3 Å². The zero-order chi connectivity index (χ0) is 23.9. The molecule has 4 rings (SSSR count). The number of hydrogen-bond acceptors (Lipinski definition) is 9. The van der Waals surface area contributed by atoms with E-state index in [2.05, 4.69) is 19.7 Å². The van der Waals surface area contributed by atoms with E-state index in [0.29, 0.717) is 29.1 Å². The van der Waals surface area contributed by atoms with Crippen molar-refractivity contribution in [3.05, 3.63) is 52.2 Å². The first-order valence-corrected chi connectivity index (χ1v) is 11.8. The lowest BCUT2D eigenvalue weighted by molar-refractivity contribution is -0.384. The summed E-state index contributed by atoms with van der Waals surface area (Å²) in [6, 6.07) is 4.12. The Hall–Kier alpha value is -3.16. The maximum atomic E-state index is 12.8. The second-order valence-electron chi connectivity index (χ2n) is 7.94. The molecule has 3 aromatic rings. The zero-order valence-electron chi connectivity index (χ0n) is 18.5. The van der Waals surface area contributed by atoms with Crippen LogP contribution in [0, 0.1) is 29.9 Å². The minimum absolute atomic E-state index is 0.0460. The Labute approximate surface area is 190 Å². The summed E-state index contributed by atoms with van der Waals surface area (Å²) in [5, 5.41) is 10.8. The highest BCUT2D eigenvalue weighted by Gasteiger charge is 2.45. The topological polar surface area (TPSA) is 151 Å². The smallest absolute Gasteiger partial charge is 0.371 e. The van der Waals surface area contributed by atoms with Gasteiger partial charge in [-0.25, -0.2) is 15.0 Å². The normalized spacial score (nSPS) is 23.2. The summed E-state index contributed by atoms with van der Waals surface area (Å²) in [5.74, 6) is 0.338. The number of nitro groups is 1. The molecule has 1 saturated heterocycles. The molecule has 33 heavy (non-hydrogen) atoms. The van der Waals surface area contributed by atoms with Crippen LogP contribution >= 0.6 is 0 Å². The van der Waals surface area contributed by atoms with Crippen LogP contribution in [0.5, 0.6) is 5.75 Å². The highest BCUT2D eigenvalue weighted by Crippen LogP contribution is 2.37. The van der Waals surface area contributed by atoms with Gasteiger partial charge in [-0.15, -0.1) is 0 Å². The van der Waals surface area contributed by atoms with Crippen LogP contribution in [0.25, 0.3) is 11.2 Å². The number of imidazole rings is 1. The number of aromatic nitrogens is 4. The van der Waals surface area contributed by atoms with Gasteiger partial charge in [0.1, 0.15) is 17.1 Å². The largest absolute Gasteiger partial charge is 0.383 e. The molecule has 0 bridgehead atoms. The summed E-state index contributed by atoms with van der Waals surface area (Å²) < 4.78 is 41.3. The first kappa shape index (κ1) is 23.0. The highest BCUT2D eigenvalue weighted by atomic mass is 32.2. The Morgan fingerprint density at radius 2 is 1.94 bits per heavy atom. The summed E-state index contributed by atoms with van der Waals surface area (Å²) in [4.78, 5) is 23.4. The molecule has 0 spiro atoms. The molecule has 0 saturated carbocycles. The summed E-state index contributed by atoms with van der Waals surface area (Å²) in [6.07, 6.45) is 1.33. The standard InChI is InChI=1S/C20H24N6O6S/c1-5-16-11(2)17(24-33(29,30)32-15-8-6-14(7-9-15)26(27)28)20(31-16)25-10-21-18-12(3)22-13(4)23-19(18)25/h6-11,16-17,20,24H,5H2,1-4H3/t11?,16-,17+,20-/m1/s1. The van der Waals surface area contributed by atoms with Crippen LogP contribution in [0.1, 0.15) is 38.0 Å². The molecule has 1 aliphatic rings. The van der Waals surface area contributed by atoms with E-state index in [-0.39, 0.29) is 23.5 Å². The van der Waals surface area contributed by atoms with Gasteiger partial charge in [0.05, 0.1) is 29.1 Å². The van der Waals surface area contributed by atoms with Crippen LogP contribution in [0.15, 0.2) is 30.6 Å². The van der Waals surface area contributed by atoms with Crippen LogP contribution in [-0.4, -0.2) is 45.0 Å². The molecule has 0 amide bonds. The second kappa shape index (κ2) is 8.65. The first-order chi connectivity index (χ1) is 15.6. The Morgan fingerprint density at radius 1 is 1.24 bits per heavy atom. The van der Waals surface area contributed by atoms with E-state index >= 15 is 0 Å². The van der Waals surface area contributed by atoms with Crippen LogP contribution in [-0.2, 0) is 15.0 Å². The zero-order valence-corrected chi connectivity index (χ0v) is 19.3. The fraction of sp³-hybridized carbons (Fsp3) is 0.450. The van der Waals surface area contributed by atoms with Crippen molar-refractivity contribution in [3.8, 4) is 5.75 Å². The third-order valence-corrected chi connectivity index (χ3v) is 6.66. The van der Waals surface area contributed by atoms with Crippen LogP contribution < -0.4 is 8.91 Å². The van der Waals surface area contributed by atoms with Gasteiger partial charge >= 0.3 is 10.3 Å². The summed E-state index contributed by atoms with van der Waals surface area (Å²) in [6.45, 7) is 7.47. The molecule has 13 heteroatoms. The van der Waals surface area contributed by atoms with Gasteiger partial charge < -0.3 is 8.92 Å². The average Bonchev–Trinajstić information content (AvgIpc) is 3.29. The number of non-ortho nitro benzene ring substituents is 1. The number of aryl methyl sites for hydroxylation is 2. The predicted octanol–water partition coefficient (Wildman–Crippen LogP) is 2.58. The molecule has 176 valence electrons. The number of fused-ring (bicyclic) bond motifs is 1. The Balaban J connectivity index is 1.63. The molecule has 12 nitrogen and oxygen atoms in total. The number of ether oxygens (including phenoxy) is 1.